The SMILES string of the molecule is CC(C)(C=CC(N)=O)NCCOc1ccc(/C(=C(/CC(F)(F)F)c2ccccc2)c2ccc3[nH]cc(F)c3c2)cn1. The van der Waals surface area contributed by atoms with Crippen molar-refractivity contribution in [1.82, 2.24) is 15.3 Å². The molecular weight excluding hydrogens is 536 g/mol. The maximum atomic E-state index is 14.5. The van der Waals surface area contributed by atoms with Crippen molar-refractivity contribution in [1.29, 1.82) is 0 Å². The summed E-state index contributed by atoms with van der Waals surface area (Å²) in [5.74, 6) is -0.760. The van der Waals surface area contributed by atoms with Crippen molar-refractivity contribution in [2.24, 2.45) is 5.73 Å². The first kappa shape index (κ1) is 29.5. The Hall–Kier alpha value is -4.44. The molecule has 0 fully saturated rings. The number of carbonyl (C=O) groups is 1. The number of rotatable bonds is 11. The van der Waals surface area contributed by atoms with Gasteiger partial charge in [0.25, 0.3) is 0 Å². The van der Waals surface area contributed by atoms with E-state index in [0.29, 0.717) is 34.3 Å². The second-order valence-electron chi connectivity index (χ2n) is 10.0. The zero-order valence-electron chi connectivity index (χ0n) is 22.6. The molecule has 6 nitrogen and oxygen atoms in total. The lowest BCUT2D eigenvalue weighted by Crippen LogP contribution is -2.40. The number of aromatic nitrogens is 2. The first-order chi connectivity index (χ1) is 19.4. The van der Waals surface area contributed by atoms with E-state index < -0.39 is 29.9 Å². The summed E-state index contributed by atoms with van der Waals surface area (Å²) in [7, 11) is 0. The Morgan fingerprint density at radius 2 is 1.78 bits per heavy atom. The average Bonchev–Trinajstić information content (AvgIpc) is 3.30. The molecule has 0 bridgehead atoms. The highest BCUT2D eigenvalue weighted by Crippen LogP contribution is 2.40. The summed E-state index contributed by atoms with van der Waals surface area (Å²) >= 11 is 0. The van der Waals surface area contributed by atoms with Crippen LogP contribution in [0.2, 0.25) is 0 Å². The zero-order chi connectivity index (χ0) is 29.6. The molecule has 2 heterocycles. The molecule has 0 radical (unpaired) electrons. The van der Waals surface area contributed by atoms with Crippen LogP contribution in [0.4, 0.5) is 17.6 Å². The molecule has 0 atom stereocenters. The van der Waals surface area contributed by atoms with E-state index in [1.54, 1.807) is 66.7 Å². The standard InChI is InChI=1S/C31H30F4N4O2/c1-30(2,13-12-27(36)40)39-14-15-41-28-11-9-22(18-38-28)29(21-8-10-26-23(16-21)25(32)19-37-26)24(17-31(33,34)35)20-6-4-3-5-7-20/h3-13,16,18-19,37,39H,14-15,17H2,1-2H3,(H2,36,40)/b13-12?,29-24-. The van der Waals surface area contributed by atoms with Crippen LogP contribution in [-0.4, -0.2) is 40.7 Å². The number of nitrogens with two attached hydrogens (primary N) is 1. The van der Waals surface area contributed by atoms with Gasteiger partial charge in [0.2, 0.25) is 11.8 Å². The number of amides is 1. The number of alkyl halides is 3. The number of ether oxygens (including phenoxy) is 1. The maximum absolute atomic E-state index is 14.5. The molecule has 10 heteroatoms. The number of aromatic amines is 1. The largest absolute Gasteiger partial charge is 0.476 e. The molecule has 0 saturated carbocycles. The lowest BCUT2D eigenvalue weighted by molar-refractivity contribution is -0.123. The van der Waals surface area contributed by atoms with Gasteiger partial charge < -0.3 is 20.8 Å². The second-order valence-corrected chi connectivity index (χ2v) is 10.0. The number of pyridine rings is 1. The quantitative estimate of drug-likeness (QED) is 0.0848. The number of benzene rings is 2. The molecule has 0 unspecified atom stereocenters. The molecule has 4 aromatic rings. The minimum Gasteiger partial charge on any atom is -0.476 e. The van der Waals surface area contributed by atoms with Crippen molar-refractivity contribution in [3.05, 3.63) is 108 Å². The summed E-state index contributed by atoms with van der Waals surface area (Å²) in [5, 5.41) is 3.48. The molecule has 0 aliphatic rings. The molecule has 214 valence electrons. The van der Waals surface area contributed by atoms with Crippen molar-refractivity contribution >= 4 is 28.0 Å². The normalized spacial score (nSPS) is 13.0. The number of primary amides is 1. The molecular formula is C31H30F4N4O2. The Morgan fingerprint density at radius 1 is 1.05 bits per heavy atom. The number of nitrogens with zero attached hydrogens (tertiary/aromatic N) is 1. The van der Waals surface area contributed by atoms with Crippen LogP contribution >= 0.6 is 0 Å². The monoisotopic (exact) mass is 566 g/mol. The molecule has 0 aliphatic carbocycles. The van der Waals surface area contributed by atoms with E-state index >= 15 is 0 Å². The van der Waals surface area contributed by atoms with Gasteiger partial charge in [-0.1, -0.05) is 42.5 Å². The van der Waals surface area contributed by atoms with E-state index in [2.05, 4.69) is 15.3 Å². The Labute approximate surface area is 234 Å². The fraction of sp³-hybridized carbons (Fsp3) is 0.226. The predicted molar refractivity (Wildman–Crippen MR) is 151 cm³/mol. The topological polar surface area (TPSA) is 93.0 Å². The number of fused-ring (bicyclic) bond motifs is 1. The maximum Gasteiger partial charge on any atom is 0.393 e. The van der Waals surface area contributed by atoms with Gasteiger partial charge in [-0.2, -0.15) is 13.2 Å². The Morgan fingerprint density at radius 3 is 2.44 bits per heavy atom. The Balaban J connectivity index is 1.67. The van der Waals surface area contributed by atoms with Crippen LogP contribution in [0.15, 0.2) is 85.2 Å². The second kappa shape index (κ2) is 12.4. The van der Waals surface area contributed by atoms with Crippen molar-refractivity contribution < 1.29 is 27.1 Å². The van der Waals surface area contributed by atoms with Crippen LogP contribution < -0.4 is 15.8 Å². The summed E-state index contributed by atoms with van der Waals surface area (Å²) < 4.78 is 61.8. The summed E-state index contributed by atoms with van der Waals surface area (Å²) in [4.78, 5) is 18.1. The first-order valence-electron chi connectivity index (χ1n) is 12.9. The average molecular weight is 567 g/mol. The van der Waals surface area contributed by atoms with Crippen molar-refractivity contribution in [3.8, 4) is 5.88 Å². The minimum absolute atomic E-state index is 0.0410. The van der Waals surface area contributed by atoms with Crippen LogP contribution in [-0.2, 0) is 4.79 Å². The lowest BCUT2D eigenvalue weighted by atomic mass is 9.88. The van der Waals surface area contributed by atoms with Gasteiger partial charge in [0, 0.05) is 53.1 Å². The lowest BCUT2D eigenvalue weighted by Gasteiger charge is -2.22. The molecule has 0 spiro atoms. The fourth-order valence-electron chi connectivity index (χ4n) is 4.42. The minimum atomic E-state index is -4.50. The van der Waals surface area contributed by atoms with E-state index in [1.807, 2.05) is 13.8 Å². The van der Waals surface area contributed by atoms with Crippen molar-refractivity contribution in [2.45, 2.75) is 32.0 Å². The molecule has 1 amide bonds. The van der Waals surface area contributed by atoms with E-state index in [0.717, 1.165) is 0 Å². The highest BCUT2D eigenvalue weighted by atomic mass is 19.4. The number of halogens is 4. The third-order valence-electron chi connectivity index (χ3n) is 6.34. The summed E-state index contributed by atoms with van der Waals surface area (Å²) in [6, 6.07) is 16.4. The smallest absolute Gasteiger partial charge is 0.393 e. The molecule has 41 heavy (non-hydrogen) atoms. The number of hydrogen-bond acceptors (Lipinski definition) is 4. The highest BCUT2D eigenvalue weighted by molar-refractivity contribution is 6.00. The van der Waals surface area contributed by atoms with Crippen molar-refractivity contribution in [2.75, 3.05) is 13.2 Å². The van der Waals surface area contributed by atoms with Gasteiger partial charge in [0.1, 0.15) is 12.4 Å². The van der Waals surface area contributed by atoms with Gasteiger partial charge in [-0.15, -0.1) is 0 Å². The van der Waals surface area contributed by atoms with Crippen LogP contribution in [0.3, 0.4) is 0 Å². The van der Waals surface area contributed by atoms with E-state index in [4.69, 9.17) is 10.5 Å². The predicted octanol–water partition coefficient (Wildman–Crippen LogP) is 6.40. The third kappa shape index (κ3) is 8.04. The molecule has 0 aliphatic heterocycles. The summed E-state index contributed by atoms with van der Waals surface area (Å²) in [6.07, 6.45) is -0.0895. The van der Waals surface area contributed by atoms with Crippen molar-refractivity contribution in [3.63, 3.8) is 0 Å². The molecule has 4 rings (SSSR count). The van der Waals surface area contributed by atoms with E-state index in [-0.39, 0.29) is 23.4 Å². The van der Waals surface area contributed by atoms with Crippen LogP contribution in [0.25, 0.3) is 22.0 Å². The highest BCUT2D eigenvalue weighted by Gasteiger charge is 2.31. The number of H-pyrrole nitrogens is 1. The van der Waals surface area contributed by atoms with Gasteiger partial charge in [-0.3, -0.25) is 4.79 Å². The Kier molecular flexibility index (Phi) is 8.92. The van der Waals surface area contributed by atoms with Crippen LogP contribution in [0.5, 0.6) is 5.88 Å². The Bertz CT molecular complexity index is 1560. The summed E-state index contributed by atoms with van der Waals surface area (Å²) in [5.41, 5.74) is 6.75. The van der Waals surface area contributed by atoms with Gasteiger partial charge in [-0.05, 0) is 54.3 Å². The van der Waals surface area contributed by atoms with E-state index in [1.165, 1.54) is 18.5 Å². The van der Waals surface area contributed by atoms with Gasteiger partial charge >= 0.3 is 6.18 Å². The molecule has 2 aromatic heterocycles. The number of allylic oxidation sites excluding steroid dienone is 1. The van der Waals surface area contributed by atoms with E-state index in [9.17, 15) is 22.4 Å². The summed E-state index contributed by atoms with van der Waals surface area (Å²) in [6.45, 7) is 4.41. The van der Waals surface area contributed by atoms with Gasteiger partial charge in [0.05, 0.1) is 6.42 Å². The van der Waals surface area contributed by atoms with Gasteiger partial charge in [-0.25, -0.2) is 9.37 Å². The molecule has 0 saturated heterocycles. The number of hydrogen-bond donors (Lipinski definition) is 3. The third-order valence-corrected chi connectivity index (χ3v) is 6.34. The molecule has 2 aromatic carbocycles. The number of carbonyl (C=O) groups excluding carboxylic acids is 1. The first-order valence-corrected chi connectivity index (χ1v) is 12.9. The molecule has 4 N–H and O–H groups in total. The zero-order valence-corrected chi connectivity index (χ0v) is 22.6. The van der Waals surface area contributed by atoms with Crippen LogP contribution in [0, 0.1) is 5.82 Å². The van der Waals surface area contributed by atoms with Gasteiger partial charge in [0.15, 0.2) is 0 Å². The number of nitrogens with one attached hydrogen (secondary N) is 2. The fourth-order valence-corrected chi connectivity index (χ4v) is 4.42. The van der Waals surface area contributed by atoms with Crippen LogP contribution in [0.1, 0.15) is 37.0 Å².